The minimum Gasteiger partial charge on any atom is -0.493 e. The monoisotopic (exact) mass is 306 g/mol. The summed E-state index contributed by atoms with van der Waals surface area (Å²) in [5, 5.41) is 5.07. The molecule has 0 aliphatic rings. The molecule has 120 valence electrons. The summed E-state index contributed by atoms with van der Waals surface area (Å²) in [7, 11) is 1.54. The van der Waals surface area contributed by atoms with Crippen molar-refractivity contribution in [1.82, 2.24) is 10.6 Å². The van der Waals surface area contributed by atoms with Crippen LogP contribution in [0.15, 0.2) is 24.3 Å². The summed E-state index contributed by atoms with van der Waals surface area (Å²) >= 11 is 0. The van der Waals surface area contributed by atoms with Gasteiger partial charge in [-0.15, -0.1) is 0 Å². The lowest BCUT2D eigenvalue weighted by atomic mass is 10.2. The summed E-state index contributed by atoms with van der Waals surface area (Å²) in [4.78, 5) is 22.9. The molecule has 0 bridgehead atoms. The number of amides is 2. The molecule has 1 rings (SSSR count). The Balaban J connectivity index is 2.53. The fraction of sp³-hybridized carbons (Fsp3) is 0.375. The number of allylic oxidation sites excluding steroid dienone is 1. The second kappa shape index (κ2) is 9.44. The number of nitrogens with one attached hydrogen (secondary N) is 2. The maximum Gasteiger partial charge on any atom is 0.258 e. The lowest BCUT2D eigenvalue weighted by Gasteiger charge is -2.11. The van der Waals surface area contributed by atoms with E-state index in [0.717, 1.165) is 5.56 Å². The molecule has 0 spiro atoms. The molecular formula is C16H22N2O4. The van der Waals surface area contributed by atoms with Crippen LogP contribution in [0.3, 0.4) is 0 Å². The number of methoxy groups -OCH3 is 1. The average Bonchev–Trinajstić information content (AvgIpc) is 2.52. The molecule has 0 aliphatic heterocycles. The van der Waals surface area contributed by atoms with Gasteiger partial charge >= 0.3 is 0 Å². The number of carbonyl (C=O) groups is 2. The molecule has 0 atom stereocenters. The second-order valence-corrected chi connectivity index (χ2v) is 4.43. The number of benzene rings is 1. The van der Waals surface area contributed by atoms with Crippen molar-refractivity contribution in [3.05, 3.63) is 29.8 Å². The van der Waals surface area contributed by atoms with Gasteiger partial charge in [-0.05, 0) is 31.5 Å². The van der Waals surface area contributed by atoms with Crippen LogP contribution < -0.4 is 20.1 Å². The number of rotatable bonds is 8. The SMILES string of the molecule is C/C=C/c1ccc(OCC(=O)NCC(=O)NCC)c(OC)c1. The zero-order valence-corrected chi connectivity index (χ0v) is 13.1. The van der Waals surface area contributed by atoms with Crippen LogP contribution in [0.25, 0.3) is 6.08 Å². The van der Waals surface area contributed by atoms with Crippen LogP contribution >= 0.6 is 0 Å². The third kappa shape index (κ3) is 5.87. The van der Waals surface area contributed by atoms with Crippen molar-refractivity contribution in [3.8, 4) is 11.5 Å². The summed E-state index contributed by atoms with van der Waals surface area (Å²) in [5.41, 5.74) is 0.979. The highest BCUT2D eigenvalue weighted by atomic mass is 16.5. The normalized spacial score (nSPS) is 10.3. The van der Waals surface area contributed by atoms with Gasteiger partial charge in [0.2, 0.25) is 5.91 Å². The Bertz CT molecular complexity index is 541. The molecule has 1 aromatic carbocycles. The van der Waals surface area contributed by atoms with Crippen molar-refractivity contribution < 1.29 is 19.1 Å². The third-order valence-electron chi connectivity index (χ3n) is 2.73. The van der Waals surface area contributed by atoms with E-state index in [1.54, 1.807) is 6.07 Å². The van der Waals surface area contributed by atoms with Gasteiger partial charge < -0.3 is 20.1 Å². The van der Waals surface area contributed by atoms with E-state index >= 15 is 0 Å². The Labute approximate surface area is 130 Å². The van der Waals surface area contributed by atoms with Gasteiger partial charge in [0.15, 0.2) is 18.1 Å². The standard InChI is InChI=1S/C16H22N2O4/c1-4-6-12-7-8-13(14(9-12)21-3)22-11-16(20)18-10-15(19)17-5-2/h4,6-9H,5,10-11H2,1-3H3,(H,17,19)(H,18,20)/b6-4+. The van der Waals surface area contributed by atoms with E-state index in [0.29, 0.717) is 18.0 Å². The summed E-state index contributed by atoms with van der Waals surface area (Å²) in [6, 6.07) is 5.43. The molecule has 2 amide bonds. The molecule has 1 aromatic rings. The van der Waals surface area contributed by atoms with E-state index in [-0.39, 0.29) is 25.0 Å². The Morgan fingerprint density at radius 1 is 1.18 bits per heavy atom. The smallest absolute Gasteiger partial charge is 0.258 e. The highest BCUT2D eigenvalue weighted by Gasteiger charge is 2.09. The van der Waals surface area contributed by atoms with E-state index < -0.39 is 0 Å². The Hall–Kier alpha value is -2.50. The van der Waals surface area contributed by atoms with Gasteiger partial charge in [0.25, 0.3) is 5.91 Å². The van der Waals surface area contributed by atoms with Crippen LogP contribution in [0, 0.1) is 0 Å². The van der Waals surface area contributed by atoms with Crippen molar-refractivity contribution in [3.63, 3.8) is 0 Å². The van der Waals surface area contributed by atoms with Crippen LogP contribution in [0.2, 0.25) is 0 Å². The van der Waals surface area contributed by atoms with Gasteiger partial charge in [0.05, 0.1) is 13.7 Å². The van der Waals surface area contributed by atoms with Crippen molar-refractivity contribution in [2.75, 3.05) is 26.8 Å². The van der Waals surface area contributed by atoms with Crippen molar-refractivity contribution >= 4 is 17.9 Å². The van der Waals surface area contributed by atoms with Gasteiger partial charge in [0.1, 0.15) is 0 Å². The maximum absolute atomic E-state index is 11.6. The summed E-state index contributed by atoms with van der Waals surface area (Å²) < 4.78 is 10.7. The quantitative estimate of drug-likeness (QED) is 0.760. The van der Waals surface area contributed by atoms with Crippen LogP contribution in [0.4, 0.5) is 0 Å². The summed E-state index contributed by atoms with van der Waals surface area (Å²) in [5.74, 6) is 0.422. The molecule has 0 radical (unpaired) electrons. The zero-order valence-electron chi connectivity index (χ0n) is 13.1. The summed E-state index contributed by atoms with van der Waals surface area (Å²) in [6.07, 6.45) is 3.86. The molecule has 0 aliphatic carbocycles. The Kier molecular flexibility index (Phi) is 7.53. The predicted molar refractivity (Wildman–Crippen MR) is 84.9 cm³/mol. The molecule has 0 aromatic heterocycles. The molecular weight excluding hydrogens is 284 g/mol. The van der Waals surface area contributed by atoms with Crippen LogP contribution in [-0.2, 0) is 9.59 Å². The minimum atomic E-state index is -0.370. The molecule has 6 heteroatoms. The topological polar surface area (TPSA) is 76.7 Å². The first-order valence-electron chi connectivity index (χ1n) is 7.07. The highest BCUT2D eigenvalue weighted by molar-refractivity contribution is 5.85. The van der Waals surface area contributed by atoms with Crippen molar-refractivity contribution in [1.29, 1.82) is 0 Å². The van der Waals surface area contributed by atoms with E-state index in [1.807, 2.05) is 38.1 Å². The van der Waals surface area contributed by atoms with Gasteiger partial charge in [0, 0.05) is 6.54 Å². The van der Waals surface area contributed by atoms with Gasteiger partial charge in [-0.25, -0.2) is 0 Å². The van der Waals surface area contributed by atoms with Crippen molar-refractivity contribution in [2.24, 2.45) is 0 Å². The van der Waals surface area contributed by atoms with E-state index in [9.17, 15) is 9.59 Å². The largest absolute Gasteiger partial charge is 0.493 e. The predicted octanol–water partition coefficient (Wildman–Crippen LogP) is 1.36. The van der Waals surface area contributed by atoms with Gasteiger partial charge in [-0.2, -0.15) is 0 Å². The molecule has 0 heterocycles. The molecule has 0 unspecified atom stereocenters. The molecule has 2 N–H and O–H groups in total. The second-order valence-electron chi connectivity index (χ2n) is 4.43. The number of ether oxygens (including phenoxy) is 2. The molecule has 6 nitrogen and oxygen atoms in total. The Morgan fingerprint density at radius 2 is 1.95 bits per heavy atom. The highest BCUT2D eigenvalue weighted by Crippen LogP contribution is 2.28. The minimum absolute atomic E-state index is 0.0621. The van der Waals surface area contributed by atoms with Crippen LogP contribution in [0.5, 0.6) is 11.5 Å². The van der Waals surface area contributed by atoms with Gasteiger partial charge in [-0.1, -0.05) is 18.2 Å². The first kappa shape index (κ1) is 17.6. The number of hydrogen-bond acceptors (Lipinski definition) is 4. The molecule has 22 heavy (non-hydrogen) atoms. The van der Waals surface area contributed by atoms with Gasteiger partial charge in [-0.3, -0.25) is 9.59 Å². The fourth-order valence-electron chi connectivity index (χ4n) is 1.73. The van der Waals surface area contributed by atoms with Crippen molar-refractivity contribution in [2.45, 2.75) is 13.8 Å². The fourth-order valence-corrected chi connectivity index (χ4v) is 1.73. The first-order chi connectivity index (χ1) is 10.6. The average molecular weight is 306 g/mol. The molecule has 0 fully saturated rings. The first-order valence-corrected chi connectivity index (χ1v) is 7.07. The maximum atomic E-state index is 11.6. The molecule has 0 saturated carbocycles. The van der Waals surface area contributed by atoms with E-state index in [2.05, 4.69) is 10.6 Å². The number of hydrogen-bond donors (Lipinski definition) is 2. The zero-order chi connectivity index (χ0) is 16.4. The lowest BCUT2D eigenvalue weighted by molar-refractivity contribution is -0.127. The van der Waals surface area contributed by atoms with E-state index in [1.165, 1.54) is 7.11 Å². The Morgan fingerprint density at radius 3 is 2.59 bits per heavy atom. The van der Waals surface area contributed by atoms with Crippen LogP contribution in [-0.4, -0.2) is 38.6 Å². The number of carbonyl (C=O) groups excluding carboxylic acids is 2. The lowest BCUT2D eigenvalue weighted by Crippen LogP contribution is -2.38. The summed E-state index contributed by atoms with van der Waals surface area (Å²) in [6.45, 7) is 4.02. The van der Waals surface area contributed by atoms with E-state index in [4.69, 9.17) is 9.47 Å². The number of likely N-dealkylation sites (N-methyl/N-ethyl adjacent to an activating group) is 1. The third-order valence-corrected chi connectivity index (χ3v) is 2.73. The van der Waals surface area contributed by atoms with Crippen LogP contribution in [0.1, 0.15) is 19.4 Å². The molecule has 0 saturated heterocycles.